The number of anilines is 6. The van der Waals surface area contributed by atoms with Crippen LogP contribution in [0.1, 0.15) is 11.1 Å². The van der Waals surface area contributed by atoms with Gasteiger partial charge >= 0.3 is 0 Å². The van der Waals surface area contributed by atoms with Crippen molar-refractivity contribution in [2.45, 2.75) is 13.8 Å². The molecule has 0 saturated carbocycles. The zero-order valence-electron chi connectivity index (χ0n) is 26.2. The molecular weight excluding hydrogens is 556 g/mol. The molecule has 0 bridgehead atoms. The molecule has 0 heterocycles. The minimum absolute atomic E-state index is 1.10. The molecule has 0 N–H and O–H groups in total. The fourth-order valence-corrected chi connectivity index (χ4v) is 6.09. The van der Waals surface area contributed by atoms with Crippen molar-refractivity contribution >= 4 is 34.1 Å². The third kappa shape index (κ3) is 6.20. The molecule has 0 spiro atoms. The first kappa shape index (κ1) is 28.9. The largest absolute Gasteiger partial charge is 0.310 e. The van der Waals surface area contributed by atoms with Crippen molar-refractivity contribution in [1.29, 1.82) is 0 Å². The van der Waals surface area contributed by atoms with E-state index in [-0.39, 0.29) is 0 Å². The van der Waals surface area contributed by atoms with Gasteiger partial charge in [0.2, 0.25) is 0 Å². The molecule has 0 aliphatic heterocycles. The lowest BCUT2D eigenvalue weighted by Crippen LogP contribution is -2.12. The summed E-state index contributed by atoms with van der Waals surface area (Å²) in [5.74, 6) is 0. The predicted molar refractivity (Wildman–Crippen MR) is 196 cm³/mol. The van der Waals surface area contributed by atoms with Crippen LogP contribution in [0, 0.1) is 13.8 Å². The maximum absolute atomic E-state index is 2.34. The van der Waals surface area contributed by atoms with Crippen molar-refractivity contribution in [2.75, 3.05) is 9.80 Å². The van der Waals surface area contributed by atoms with Gasteiger partial charge in [0.1, 0.15) is 0 Å². The van der Waals surface area contributed by atoms with Gasteiger partial charge in [0, 0.05) is 34.1 Å². The summed E-state index contributed by atoms with van der Waals surface area (Å²) >= 11 is 0. The lowest BCUT2D eigenvalue weighted by molar-refractivity contribution is 1.25. The first-order valence-corrected chi connectivity index (χ1v) is 15.8. The van der Waals surface area contributed by atoms with Crippen LogP contribution in [0.3, 0.4) is 0 Å². The van der Waals surface area contributed by atoms with Gasteiger partial charge in [0.25, 0.3) is 0 Å². The second-order valence-corrected chi connectivity index (χ2v) is 11.7. The van der Waals surface area contributed by atoms with Gasteiger partial charge in [-0.15, -0.1) is 0 Å². The average Bonchev–Trinajstić information content (AvgIpc) is 3.10. The summed E-state index contributed by atoms with van der Waals surface area (Å²) in [4.78, 5) is 4.69. The van der Waals surface area contributed by atoms with Gasteiger partial charge in [0.05, 0.1) is 0 Å². The molecule has 7 aromatic rings. The monoisotopic (exact) mass is 592 g/mol. The summed E-state index contributed by atoms with van der Waals surface area (Å²) in [6.45, 7) is 4.29. The maximum atomic E-state index is 2.34. The van der Waals surface area contributed by atoms with Crippen LogP contribution >= 0.6 is 0 Å². The van der Waals surface area contributed by atoms with E-state index in [2.05, 4.69) is 206 Å². The molecule has 7 aromatic carbocycles. The number of aryl methyl sites for hydroxylation is 2. The number of benzene rings is 7. The average molecular weight is 593 g/mol. The number of rotatable bonds is 8. The normalized spacial score (nSPS) is 10.8. The third-order valence-electron chi connectivity index (χ3n) is 8.31. The highest BCUT2D eigenvalue weighted by Gasteiger charge is 2.17. The molecule has 0 aliphatic rings. The molecule has 2 heteroatoms. The molecular formula is C44H36N2. The quantitative estimate of drug-likeness (QED) is 0.173. The van der Waals surface area contributed by atoms with E-state index >= 15 is 0 Å². The zero-order chi connectivity index (χ0) is 31.3. The highest BCUT2D eigenvalue weighted by molar-refractivity contribution is 5.84. The zero-order valence-corrected chi connectivity index (χ0v) is 26.2. The van der Waals surface area contributed by atoms with Crippen LogP contribution in [0.25, 0.3) is 22.3 Å². The summed E-state index contributed by atoms with van der Waals surface area (Å²) < 4.78 is 0. The first-order chi connectivity index (χ1) is 22.6. The van der Waals surface area contributed by atoms with E-state index in [1.807, 2.05) is 0 Å². The molecule has 0 radical (unpaired) electrons. The van der Waals surface area contributed by atoms with Gasteiger partial charge in [-0.2, -0.15) is 0 Å². The lowest BCUT2D eigenvalue weighted by atomic mass is 10.0. The van der Waals surface area contributed by atoms with Gasteiger partial charge in [0.15, 0.2) is 0 Å². The Balaban J connectivity index is 1.32. The van der Waals surface area contributed by atoms with Crippen LogP contribution in [0.4, 0.5) is 34.1 Å². The van der Waals surface area contributed by atoms with Crippen molar-refractivity contribution < 1.29 is 0 Å². The van der Waals surface area contributed by atoms with Crippen LogP contribution < -0.4 is 9.80 Å². The Kier molecular flexibility index (Phi) is 8.17. The van der Waals surface area contributed by atoms with Crippen molar-refractivity contribution in [3.8, 4) is 22.3 Å². The van der Waals surface area contributed by atoms with E-state index in [0.717, 1.165) is 34.1 Å². The van der Waals surface area contributed by atoms with Crippen molar-refractivity contribution in [1.82, 2.24) is 0 Å². The standard InChI is InChI=1S/C44H36N2/c1-33-13-9-21-41(29-33)45(43-23-11-19-37(31-43)35-15-5-3-6-16-35)39-25-27-40(28-26-39)46(42-22-10-14-34(2)30-42)44-24-12-20-38(32-44)36-17-7-4-8-18-36/h3-32H,1-2H3. The molecule has 46 heavy (non-hydrogen) atoms. The van der Waals surface area contributed by atoms with E-state index in [9.17, 15) is 0 Å². The summed E-state index contributed by atoms with van der Waals surface area (Å²) in [5.41, 5.74) is 13.9. The van der Waals surface area contributed by atoms with Gasteiger partial charge in [-0.05, 0) is 120 Å². The Morgan fingerprint density at radius 3 is 0.957 bits per heavy atom. The summed E-state index contributed by atoms with van der Waals surface area (Å²) in [6.07, 6.45) is 0. The van der Waals surface area contributed by atoms with Crippen LogP contribution in [-0.2, 0) is 0 Å². The minimum atomic E-state index is 1.10. The smallest absolute Gasteiger partial charge is 0.0467 e. The van der Waals surface area contributed by atoms with Gasteiger partial charge < -0.3 is 9.80 Å². The van der Waals surface area contributed by atoms with E-state index < -0.39 is 0 Å². The highest BCUT2D eigenvalue weighted by Crippen LogP contribution is 2.41. The van der Waals surface area contributed by atoms with Crippen LogP contribution in [0.2, 0.25) is 0 Å². The highest BCUT2D eigenvalue weighted by atomic mass is 15.2. The molecule has 7 rings (SSSR count). The summed E-state index contributed by atoms with van der Waals surface area (Å²) in [7, 11) is 0. The van der Waals surface area contributed by atoms with Crippen molar-refractivity contribution in [3.05, 3.63) is 193 Å². The number of hydrogen-bond acceptors (Lipinski definition) is 2. The van der Waals surface area contributed by atoms with E-state index in [4.69, 9.17) is 0 Å². The Hall–Kier alpha value is -5.86. The molecule has 0 aliphatic carbocycles. The Bertz CT molecular complexity index is 1910. The van der Waals surface area contributed by atoms with Crippen molar-refractivity contribution in [3.63, 3.8) is 0 Å². The lowest BCUT2D eigenvalue weighted by Gasteiger charge is -2.29. The van der Waals surface area contributed by atoms with Gasteiger partial charge in [-0.3, -0.25) is 0 Å². The summed E-state index contributed by atoms with van der Waals surface area (Å²) in [5, 5.41) is 0. The fourth-order valence-electron chi connectivity index (χ4n) is 6.09. The van der Waals surface area contributed by atoms with Gasteiger partial charge in [-0.25, -0.2) is 0 Å². The molecule has 2 nitrogen and oxygen atoms in total. The second-order valence-electron chi connectivity index (χ2n) is 11.7. The summed E-state index contributed by atoms with van der Waals surface area (Å²) in [6, 6.07) is 65.1. The Morgan fingerprint density at radius 2 is 0.587 bits per heavy atom. The van der Waals surface area contributed by atoms with Crippen LogP contribution in [0.15, 0.2) is 182 Å². The van der Waals surface area contributed by atoms with E-state index in [0.29, 0.717) is 0 Å². The van der Waals surface area contributed by atoms with Crippen LogP contribution in [-0.4, -0.2) is 0 Å². The molecule has 0 amide bonds. The number of hydrogen-bond donors (Lipinski definition) is 0. The molecule has 0 aromatic heterocycles. The number of nitrogens with zero attached hydrogens (tertiary/aromatic N) is 2. The van der Waals surface area contributed by atoms with E-state index in [1.54, 1.807) is 0 Å². The third-order valence-corrected chi connectivity index (χ3v) is 8.31. The minimum Gasteiger partial charge on any atom is -0.310 e. The topological polar surface area (TPSA) is 6.48 Å². The van der Waals surface area contributed by atoms with E-state index in [1.165, 1.54) is 33.4 Å². The fraction of sp³-hybridized carbons (Fsp3) is 0.0455. The SMILES string of the molecule is Cc1cccc(N(c2ccc(N(c3cccc(C)c3)c3cccc(-c4ccccc4)c3)cc2)c2cccc(-c3ccccc3)c2)c1. The first-order valence-electron chi connectivity index (χ1n) is 15.8. The van der Waals surface area contributed by atoms with Crippen LogP contribution in [0.5, 0.6) is 0 Å². The van der Waals surface area contributed by atoms with Crippen molar-refractivity contribution in [2.24, 2.45) is 0 Å². The maximum Gasteiger partial charge on any atom is 0.0467 e. The Morgan fingerprint density at radius 1 is 0.261 bits per heavy atom. The molecule has 222 valence electrons. The molecule has 0 unspecified atom stereocenters. The predicted octanol–water partition coefficient (Wildman–Crippen LogP) is 12.6. The second kappa shape index (κ2) is 13.0. The molecule has 0 fully saturated rings. The van der Waals surface area contributed by atoms with Gasteiger partial charge in [-0.1, -0.05) is 109 Å². The molecule has 0 saturated heterocycles. The Labute approximate surface area is 272 Å². The molecule has 0 atom stereocenters.